The van der Waals surface area contributed by atoms with Gasteiger partial charge in [-0.05, 0) is 46.5 Å². The third kappa shape index (κ3) is 3.70. The van der Waals surface area contributed by atoms with Gasteiger partial charge in [0.25, 0.3) is 0 Å². The predicted molar refractivity (Wildman–Crippen MR) is 128 cm³/mol. The highest BCUT2D eigenvalue weighted by Gasteiger charge is 2.80. The van der Waals surface area contributed by atoms with Gasteiger partial charge in [0.1, 0.15) is 24.2 Å². The van der Waals surface area contributed by atoms with E-state index in [9.17, 15) is 19.5 Å². The highest BCUT2D eigenvalue weighted by molar-refractivity contribution is 5.99. The van der Waals surface area contributed by atoms with E-state index in [0.717, 1.165) is 0 Å². The Balaban J connectivity index is 2.19. The van der Waals surface area contributed by atoms with Gasteiger partial charge in [0.05, 0.1) is 24.2 Å². The first-order valence-electron chi connectivity index (χ1n) is 12.2. The van der Waals surface area contributed by atoms with E-state index in [1.807, 2.05) is 41.5 Å². The number of nitrogens with zero attached hydrogens (tertiary/aromatic N) is 2. The first kappa shape index (κ1) is 26.4. The van der Waals surface area contributed by atoms with E-state index >= 15 is 0 Å². The second-order valence-corrected chi connectivity index (χ2v) is 11.0. The monoisotopic (exact) mass is 476 g/mol. The van der Waals surface area contributed by atoms with Crippen molar-refractivity contribution in [2.45, 2.75) is 83.2 Å². The second kappa shape index (κ2) is 9.11. The summed E-state index contributed by atoms with van der Waals surface area (Å²) in [6.45, 7) is 18.9. The highest BCUT2D eigenvalue weighted by atomic mass is 16.6. The molecule has 7 atom stereocenters. The van der Waals surface area contributed by atoms with Crippen molar-refractivity contribution < 1.29 is 29.0 Å². The number of rotatable bonds is 9. The van der Waals surface area contributed by atoms with Crippen molar-refractivity contribution >= 4 is 17.8 Å². The number of hydrogen-bond donors (Lipinski definition) is 1. The number of carbonyl (C=O) groups is 3. The van der Waals surface area contributed by atoms with Gasteiger partial charge >= 0.3 is 5.97 Å². The summed E-state index contributed by atoms with van der Waals surface area (Å²) in [5.74, 6) is -2.88. The molecule has 3 aliphatic heterocycles. The van der Waals surface area contributed by atoms with Gasteiger partial charge in [-0.25, -0.2) is 0 Å². The smallest absolute Gasteiger partial charge is 0.313 e. The van der Waals surface area contributed by atoms with Crippen molar-refractivity contribution in [2.24, 2.45) is 17.8 Å². The van der Waals surface area contributed by atoms with E-state index in [1.54, 1.807) is 11.0 Å². The minimum Gasteiger partial charge on any atom is -0.461 e. The molecule has 0 aromatic rings. The molecular formula is C26H40N2O6. The molecule has 34 heavy (non-hydrogen) atoms. The normalized spacial score (nSPS) is 35.1. The highest BCUT2D eigenvalue weighted by Crippen LogP contribution is 2.65. The molecule has 1 spiro atoms. The van der Waals surface area contributed by atoms with Gasteiger partial charge in [-0.15, -0.1) is 6.58 Å². The maximum absolute atomic E-state index is 14.3. The molecule has 8 nitrogen and oxygen atoms in total. The van der Waals surface area contributed by atoms with Crippen molar-refractivity contribution in [1.82, 2.24) is 9.80 Å². The molecule has 0 aromatic carbocycles. The molecule has 3 unspecified atom stereocenters. The molecule has 3 heterocycles. The third-order valence-corrected chi connectivity index (χ3v) is 8.05. The Bertz CT molecular complexity index is 862. The lowest BCUT2D eigenvalue weighted by Crippen LogP contribution is -2.61. The Hall–Kier alpha value is -2.19. The summed E-state index contributed by atoms with van der Waals surface area (Å²) >= 11 is 0. The van der Waals surface area contributed by atoms with Crippen LogP contribution >= 0.6 is 0 Å². The van der Waals surface area contributed by atoms with Crippen molar-refractivity contribution in [1.29, 1.82) is 0 Å². The number of aliphatic hydroxyl groups excluding tert-OH is 1. The van der Waals surface area contributed by atoms with Crippen LogP contribution < -0.4 is 0 Å². The standard InChI is InChI=1S/C26H40N2O6/c1-9-12-27(24(5,6)7)22(31)20-26-14-16(4)25(8,34-26)19(23(32)33-13-10-2)18(26)21(30)28(20)17(11-3)15-29/h9-10,16-20,29H,1-2,11-15H2,3-8H3/t16?,17-,18-,19+,20?,25-,26?/m0/s1. The van der Waals surface area contributed by atoms with Gasteiger partial charge in [0, 0.05) is 12.1 Å². The zero-order valence-corrected chi connectivity index (χ0v) is 21.4. The van der Waals surface area contributed by atoms with E-state index in [2.05, 4.69) is 13.2 Å². The maximum atomic E-state index is 14.3. The summed E-state index contributed by atoms with van der Waals surface area (Å²) in [7, 11) is 0. The average molecular weight is 477 g/mol. The van der Waals surface area contributed by atoms with Crippen LogP contribution in [0.4, 0.5) is 0 Å². The molecule has 2 amide bonds. The van der Waals surface area contributed by atoms with Gasteiger partial charge in [0.15, 0.2) is 0 Å². The van der Waals surface area contributed by atoms with Crippen molar-refractivity contribution in [3.63, 3.8) is 0 Å². The molecule has 3 aliphatic rings. The van der Waals surface area contributed by atoms with Gasteiger partial charge in [-0.1, -0.05) is 32.6 Å². The van der Waals surface area contributed by atoms with Crippen LogP contribution in [0.2, 0.25) is 0 Å². The van der Waals surface area contributed by atoms with Crippen LogP contribution in [0.5, 0.6) is 0 Å². The summed E-state index contributed by atoms with van der Waals surface area (Å²) in [6.07, 6.45) is 4.07. The molecule has 0 aliphatic carbocycles. The van der Waals surface area contributed by atoms with Crippen molar-refractivity contribution in [2.75, 3.05) is 19.8 Å². The number of esters is 1. The lowest BCUT2D eigenvalue weighted by molar-refractivity contribution is -0.164. The summed E-state index contributed by atoms with van der Waals surface area (Å²) < 4.78 is 12.1. The molecule has 3 fully saturated rings. The summed E-state index contributed by atoms with van der Waals surface area (Å²) in [5, 5.41) is 10.2. The number of aliphatic hydroxyl groups is 1. The molecule has 0 radical (unpaired) electrons. The quantitative estimate of drug-likeness (QED) is 0.405. The molecule has 8 heteroatoms. The zero-order valence-electron chi connectivity index (χ0n) is 21.4. The van der Waals surface area contributed by atoms with Crippen molar-refractivity contribution in [3.05, 3.63) is 25.3 Å². The lowest BCUT2D eigenvalue weighted by Gasteiger charge is -2.43. The number of carbonyl (C=O) groups excluding carboxylic acids is 3. The Morgan fingerprint density at radius 3 is 2.50 bits per heavy atom. The van der Waals surface area contributed by atoms with Crippen LogP contribution in [-0.2, 0) is 23.9 Å². The van der Waals surface area contributed by atoms with E-state index < -0.39 is 46.6 Å². The molecule has 0 saturated carbocycles. The molecular weight excluding hydrogens is 436 g/mol. The van der Waals surface area contributed by atoms with Gasteiger partial charge in [-0.3, -0.25) is 14.4 Å². The minimum atomic E-state index is -1.17. The number of likely N-dealkylation sites (tertiary alicyclic amines) is 1. The second-order valence-electron chi connectivity index (χ2n) is 11.0. The molecule has 2 bridgehead atoms. The number of amides is 2. The fourth-order valence-corrected chi connectivity index (χ4v) is 6.32. The molecule has 3 rings (SSSR count). The van der Waals surface area contributed by atoms with Crippen LogP contribution in [0.25, 0.3) is 0 Å². The third-order valence-electron chi connectivity index (χ3n) is 8.05. The summed E-state index contributed by atoms with van der Waals surface area (Å²) in [5.41, 5.74) is -2.65. The van der Waals surface area contributed by atoms with Crippen molar-refractivity contribution in [3.8, 4) is 0 Å². The van der Waals surface area contributed by atoms with Crippen LogP contribution in [-0.4, -0.2) is 81.3 Å². The zero-order chi connectivity index (χ0) is 25.6. The summed E-state index contributed by atoms with van der Waals surface area (Å²) in [4.78, 5) is 44.7. The summed E-state index contributed by atoms with van der Waals surface area (Å²) in [6, 6.07) is -1.52. The number of fused-ring (bicyclic) bond motifs is 1. The SMILES string of the molecule is C=CCOC(=O)[C@H]1[C@H]2C(=O)N([C@@H](CC)CO)C(C(=O)N(CC=C)C(C)(C)C)C23CC(C)[C@]1(C)O3. The first-order chi connectivity index (χ1) is 15.8. The molecule has 3 saturated heterocycles. The topological polar surface area (TPSA) is 96.4 Å². The predicted octanol–water partition coefficient (Wildman–Crippen LogP) is 2.31. The lowest BCUT2D eigenvalue weighted by atomic mass is 9.62. The van der Waals surface area contributed by atoms with E-state index in [4.69, 9.17) is 9.47 Å². The number of ether oxygens (including phenoxy) is 2. The van der Waals surface area contributed by atoms with Gasteiger partial charge in [0.2, 0.25) is 11.8 Å². The first-order valence-corrected chi connectivity index (χ1v) is 12.2. The molecule has 0 aromatic heterocycles. The van der Waals surface area contributed by atoms with Crippen LogP contribution in [0.15, 0.2) is 25.3 Å². The van der Waals surface area contributed by atoms with Crippen LogP contribution in [0, 0.1) is 17.8 Å². The largest absolute Gasteiger partial charge is 0.461 e. The van der Waals surface area contributed by atoms with E-state index in [1.165, 1.54) is 11.0 Å². The Morgan fingerprint density at radius 1 is 1.35 bits per heavy atom. The van der Waals surface area contributed by atoms with E-state index in [-0.39, 0.29) is 30.9 Å². The molecule has 1 N–H and O–H groups in total. The van der Waals surface area contributed by atoms with Crippen LogP contribution in [0.1, 0.15) is 54.4 Å². The Labute approximate surface area is 202 Å². The average Bonchev–Trinajstić information content (AvgIpc) is 3.27. The maximum Gasteiger partial charge on any atom is 0.313 e. The number of hydrogen-bond acceptors (Lipinski definition) is 6. The van der Waals surface area contributed by atoms with Gasteiger partial charge in [-0.2, -0.15) is 0 Å². The fraction of sp³-hybridized carbons (Fsp3) is 0.731. The van der Waals surface area contributed by atoms with Gasteiger partial charge < -0.3 is 24.4 Å². The fourth-order valence-electron chi connectivity index (χ4n) is 6.32. The van der Waals surface area contributed by atoms with Crippen LogP contribution in [0.3, 0.4) is 0 Å². The minimum absolute atomic E-state index is 0.0329. The Kier molecular flexibility index (Phi) is 7.08. The molecule has 190 valence electrons. The van der Waals surface area contributed by atoms with E-state index in [0.29, 0.717) is 19.4 Å². The Morgan fingerprint density at radius 2 is 2.00 bits per heavy atom.